The van der Waals surface area contributed by atoms with Crippen molar-refractivity contribution in [3.63, 3.8) is 0 Å². The van der Waals surface area contributed by atoms with Gasteiger partial charge in [0.05, 0.1) is 6.61 Å². The fourth-order valence-electron chi connectivity index (χ4n) is 2.14. The van der Waals surface area contributed by atoms with E-state index in [1.54, 1.807) is 0 Å². The molecule has 0 unspecified atom stereocenters. The highest BCUT2D eigenvalue weighted by Gasteiger charge is 2.20. The smallest absolute Gasteiger partial charge is 0.253 e. The zero-order chi connectivity index (χ0) is 14.4. The van der Waals surface area contributed by atoms with Crippen molar-refractivity contribution in [1.29, 1.82) is 0 Å². The van der Waals surface area contributed by atoms with E-state index in [1.807, 2.05) is 29.2 Å². The van der Waals surface area contributed by atoms with Gasteiger partial charge in [-0.25, -0.2) is 0 Å². The summed E-state index contributed by atoms with van der Waals surface area (Å²) in [6.45, 7) is 3.45. The lowest BCUT2D eigenvalue weighted by molar-refractivity contribution is 0.0664. The number of nitrogens with zero attached hydrogens (tertiary/aromatic N) is 2. The lowest BCUT2D eigenvalue weighted by Crippen LogP contribution is -2.47. The maximum Gasteiger partial charge on any atom is 0.253 e. The second kappa shape index (κ2) is 7.09. The van der Waals surface area contributed by atoms with Gasteiger partial charge in [0.1, 0.15) is 0 Å². The summed E-state index contributed by atoms with van der Waals surface area (Å²) in [5.41, 5.74) is 1.50. The van der Waals surface area contributed by atoms with Gasteiger partial charge in [-0.3, -0.25) is 4.79 Å². The molecule has 0 aliphatic carbocycles. The molecule has 106 valence electrons. The maximum atomic E-state index is 12.4. The lowest BCUT2D eigenvalue weighted by Gasteiger charge is -2.32. The van der Waals surface area contributed by atoms with E-state index in [9.17, 15) is 4.79 Å². The van der Waals surface area contributed by atoms with E-state index >= 15 is 0 Å². The van der Waals surface area contributed by atoms with Gasteiger partial charge in [-0.05, 0) is 25.2 Å². The third kappa shape index (κ3) is 3.83. The molecule has 0 radical (unpaired) electrons. The van der Waals surface area contributed by atoms with Crippen LogP contribution >= 0.6 is 0 Å². The van der Waals surface area contributed by atoms with Crippen LogP contribution in [-0.2, 0) is 0 Å². The first-order chi connectivity index (χ1) is 9.70. The summed E-state index contributed by atoms with van der Waals surface area (Å²) >= 11 is 0. The van der Waals surface area contributed by atoms with Crippen molar-refractivity contribution in [1.82, 2.24) is 9.80 Å². The molecular formula is C16H20N2O2. The monoisotopic (exact) mass is 272 g/mol. The van der Waals surface area contributed by atoms with Crippen LogP contribution in [0.3, 0.4) is 0 Å². The summed E-state index contributed by atoms with van der Waals surface area (Å²) in [5, 5.41) is 8.71. The normalized spacial score (nSPS) is 15.6. The van der Waals surface area contributed by atoms with Gasteiger partial charge in [-0.2, -0.15) is 0 Å². The highest BCUT2D eigenvalue weighted by Crippen LogP contribution is 2.10. The van der Waals surface area contributed by atoms with Crippen molar-refractivity contribution in [2.24, 2.45) is 0 Å². The molecular weight excluding hydrogens is 252 g/mol. The summed E-state index contributed by atoms with van der Waals surface area (Å²) in [6.07, 6.45) is 0.455. The molecule has 2 rings (SSSR count). The minimum atomic E-state index is 0.0624. The molecule has 1 aromatic carbocycles. The van der Waals surface area contributed by atoms with Gasteiger partial charge in [0, 0.05) is 43.7 Å². The second-order valence-corrected chi connectivity index (χ2v) is 4.95. The summed E-state index contributed by atoms with van der Waals surface area (Å²) in [6, 6.07) is 7.39. The van der Waals surface area contributed by atoms with Crippen LogP contribution in [0.25, 0.3) is 0 Å². The Bertz CT molecular complexity index is 523. The lowest BCUT2D eigenvalue weighted by atomic mass is 10.1. The van der Waals surface area contributed by atoms with Crippen molar-refractivity contribution in [3.8, 4) is 11.8 Å². The Morgan fingerprint density at radius 3 is 2.75 bits per heavy atom. The molecule has 1 amide bonds. The number of aliphatic hydroxyl groups is 1. The van der Waals surface area contributed by atoms with Crippen molar-refractivity contribution < 1.29 is 9.90 Å². The van der Waals surface area contributed by atoms with Crippen molar-refractivity contribution in [2.45, 2.75) is 6.42 Å². The number of hydrogen-bond donors (Lipinski definition) is 1. The first kappa shape index (κ1) is 14.6. The van der Waals surface area contributed by atoms with E-state index in [-0.39, 0.29) is 12.5 Å². The molecule has 0 saturated carbocycles. The van der Waals surface area contributed by atoms with E-state index < -0.39 is 0 Å². The number of benzene rings is 1. The van der Waals surface area contributed by atoms with Crippen LogP contribution < -0.4 is 0 Å². The fourth-order valence-corrected chi connectivity index (χ4v) is 2.14. The third-order valence-corrected chi connectivity index (χ3v) is 3.37. The van der Waals surface area contributed by atoms with E-state index in [2.05, 4.69) is 23.8 Å². The van der Waals surface area contributed by atoms with Crippen LogP contribution in [0, 0.1) is 11.8 Å². The highest BCUT2D eigenvalue weighted by molar-refractivity contribution is 5.94. The zero-order valence-corrected chi connectivity index (χ0v) is 11.8. The summed E-state index contributed by atoms with van der Waals surface area (Å²) in [7, 11) is 2.07. The number of rotatable bonds is 2. The standard InChI is InChI=1S/C16H20N2O2/c1-17-8-10-18(11-9-17)16(20)15-7-4-6-14(13-15)5-2-3-12-19/h4,6-7,13,19H,3,8-12H2,1H3. The molecule has 1 fully saturated rings. The van der Waals surface area contributed by atoms with Crippen LogP contribution in [0.4, 0.5) is 0 Å². The van der Waals surface area contributed by atoms with Crippen LogP contribution in [0.5, 0.6) is 0 Å². The van der Waals surface area contributed by atoms with E-state index in [4.69, 9.17) is 5.11 Å². The average Bonchev–Trinajstić information content (AvgIpc) is 2.48. The van der Waals surface area contributed by atoms with Crippen LogP contribution in [0.1, 0.15) is 22.3 Å². The number of amides is 1. The second-order valence-electron chi connectivity index (χ2n) is 4.95. The number of hydrogen-bond acceptors (Lipinski definition) is 3. The van der Waals surface area contributed by atoms with Gasteiger partial charge in [0.2, 0.25) is 0 Å². The fraction of sp³-hybridized carbons (Fsp3) is 0.438. The van der Waals surface area contributed by atoms with Gasteiger partial charge in [0.15, 0.2) is 0 Å². The Kier molecular flexibility index (Phi) is 5.16. The molecule has 20 heavy (non-hydrogen) atoms. The average molecular weight is 272 g/mol. The largest absolute Gasteiger partial charge is 0.395 e. The van der Waals surface area contributed by atoms with Gasteiger partial charge in [0.25, 0.3) is 5.91 Å². The number of carbonyl (C=O) groups is 1. The minimum Gasteiger partial charge on any atom is -0.395 e. The van der Waals surface area contributed by atoms with Crippen molar-refractivity contribution >= 4 is 5.91 Å². The molecule has 1 N–H and O–H groups in total. The first-order valence-electron chi connectivity index (χ1n) is 6.88. The van der Waals surface area contributed by atoms with Crippen LogP contribution in [-0.4, -0.2) is 60.6 Å². The maximum absolute atomic E-state index is 12.4. The van der Waals surface area contributed by atoms with Gasteiger partial charge in [-0.1, -0.05) is 17.9 Å². The van der Waals surface area contributed by atoms with Crippen molar-refractivity contribution in [2.75, 3.05) is 39.8 Å². The molecule has 4 heteroatoms. The Morgan fingerprint density at radius 1 is 1.30 bits per heavy atom. The zero-order valence-electron chi connectivity index (χ0n) is 11.8. The molecule has 0 spiro atoms. The van der Waals surface area contributed by atoms with Crippen LogP contribution in [0.15, 0.2) is 24.3 Å². The first-order valence-corrected chi connectivity index (χ1v) is 6.88. The Balaban J connectivity index is 2.07. The SMILES string of the molecule is CN1CCN(C(=O)c2cccc(C#CCCO)c2)CC1. The van der Waals surface area contributed by atoms with E-state index in [0.717, 1.165) is 31.7 Å². The highest BCUT2D eigenvalue weighted by atomic mass is 16.2. The third-order valence-electron chi connectivity index (χ3n) is 3.37. The molecule has 0 atom stereocenters. The van der Waals surface area contributed by atoms with E-state index in [1.165, 1.54) is 0 Å². The predicted molar refractivity (Wildman–Crippen MR) is 78.4 cm³/mol. The molecule has 0 aromatic heterocycles. The topological polar surface area (TPSA) is 43.8 Å². The molecule has 1 aromatic rings. The summed E-state index contributed by atoms with van der Waals surface area (Å²) in [5.74, 6) is 5.91. The van der Waals surface area contributed by atoms with E-state index in [0.29, 0.717) is 12.0 Å². The molecule has 4 nitrogen and oxygen atoms in total. The van der Waals surface area contributed by atoms with Gasteiger partial charge < -0.3 is 14.9 Å². The van der Waals surface area contributed by atoms with Gasteiger partial charge >= 0.3 is 0 Å². The molecule has 1 saturated heterocycles. The minimum absolute atomic E-state index is 0.0624. The molecule has 1 aliphatic rings. The van der Waals surface area contributed by atoms with Gasteiger partial charge in [-0.15, -0.1) is 0 Å². The number of piperazine rings is 1. The Hall–Kier alpha value is -1.83. The Morgan fingerprint density at radius 2 is 2.05 bits per heavy atom. The number of likely N-dealkylation sites (N-methyl/N-ethyl adjacent to an activating group) is 1. The number of aliphatic hydroxyl groups excluding tert-OH is 1. The van der Waals surface area contributed by atoms with Crippen LogP contribution in [0.2, 0.25) is 0 Å². The van der Waals surface area contributed by atoms with Crippen molar-refractivity contribution in [3.05, 3.63) is 35.4 Å². The quantitative estimate of drug-likeness (QED) is 0.810. The predicted octanol–water partition coefficient (Wildman–Crippen LogP) is 0.808. The summed E-state index contributed by atoms with van der Waals surface area (Å²) < 4.78 is 0. The number of carbonyl (C=O) groups excluding carboxylic acids is 1. The molecule has 0 bridgehead atoms. The molecule has 1 heterocycles. The Labute approximate surface area is 120 Å². The summed E-state index contributed by atoms with van der Waals surface area (Å²) in [4.78, 5) is 16.5. The molecule has 1 aliphatic heterocycles.